The molecule has 5 N–H and O–H groups in total. The smallest absolute Gasteiger partial charge is 0.237 e. The molecule has 1 amide bonds. The highest BCUT2D eigenvalue weighted by Gasteiger charge is 2.12. The Kier molecular flexibility index (Phi) is 7.86. The van der Waals surface area contributed by atoms with Crippen LogP contribution < -0.4 is 16.8 Å². The summed E-state index contributed by atoms with van der Waals surface area (Å²) in [6.45, 7) is 1.44. The summed E-state index contributed by atoms with van der Waals surface area (Å²) < 4.78 is 0. The molecule has 0 radical (unpaired) electrons. The van der Waals surface area contributed by atoms with Crippen LogP contribution in [0.4, 0.5) is 0 Å². The molecule has 106 valence electrons. The summed E-state index contributed by atoms with van der Waals surface area (Å²) in [6.07, 6.45) is 4.86. The summed E-state index contributed by atoms with van der Waals surface area (Å²) >= 11 is 0. The number of rotatable bonds is 9. The van der Waals surface area contributed by atoms with Crippen LogP contribution >= 0.6 is 0 Å². The van der Waals surface area contributed by atoms with Crippen LogP contribution in [0.2, 0.25) is 0 Å². The molecule has 19 heavy (non-hydrogen) atoms. The van der Waals surface area contributed by atoms with Crippen LogP contribution in [0.25, 0.3) is 0 Å². The number of unbranched alkanes of at least 4 members (excludes halogenated alkanes) is 3. The molecule has 1 aromatic carbocycles. The lowest BCUT2D eigenvalue weighted by atomic mass is 10.1. The van der Waals surface area contributed by atoms with Crippen molar-refractivity contribution in [2.45, 2.75) is 38.1 Å². The van der Waals surface area contributed by atoms with E-state index in [1.54, 1.807) is 0 Å². The van der Waals surface area contributed by atoms with Gasteiger partial charge in [0.05, 0.1) is 6.04 Å². The zero-order valence-corrected chi connectivity index (χ0v) is 11.5. The summed E-state index contributed by atoms with van der Waals surface area (Å²) in [4.78, 5) is 11.8. The van der Waals surface area contributed by atoms with Crippen molar-refractivity contribution < 1.29 is 4.79 Å². The monoisotopic (exact) mass is 263 g/mol. The van der Waals surface area contributed by atoms with Crippen LogP contribution in [-0.2, 0) is 11.2 Å². The Bertz CT molecular complexity index is 354. The molecule has 0 aliphatic carbocycles. The first-order valence-corrected chi connectivity index (χ1v) is 7.01. The van der Waals surface area contributed by atoms with Crippen LogP contribution in [0, 0.1) is 0 Å². The minimum atomic E-state index is -0.466. The first-order valence-electron chi connectivity index (χ1n) is 7.01. The van der Waals surface area contributed by atoms with Crippen molar-refractivity contribution in [3.8, 4) is 0 Å². The third-order valence-corrected chi connectivity index (χ3v) is 3.07. The predicted molar refractivity (Wildman–Crippen MR) is 78.7 cm³/mol. The van der Waals surface area contributed by atoms with E-state index >= 15 is 0 Å². The van der Waals surface area contributed by atoms with Crippen LogP contribution in [0.5, 0.6) is 0 Å². The van der Waals surface area contributed by atoms with E-state index in [0.29, 0.717) is 13.0 Å². The molecule has 0 aliphatic rings. The summed E-state index contributed by atoms with van der Waals surface area (Å²) in [5, 5.41) is 2.88. The highest BCUT2D eigenvalue weighted by molar-refractivity contribution is 5.81. The number of hydrogen-bond donors (Lipinski definition) is 3. The first kappa shape index (κ1) is 15.7. The molecular formula is C15H25N3O. The Morgan fingerprint density at radius 2 is 1.79 bits per heavy atom. The van der Waals surface area contributed by atoms with Gasteiger partial charge in [0, 0.05) is 6.54 Å². The molecule has 0 bridgehead atoms. The fourth-order valence-corrected chi connectivity index (χ4v) is 1.93. The number of carbonyl (C=O) groups excluding carboxylic acids is 1. The van der Waals surface area contributed by atoms with Crippen molar-refractivity contribution in [1.82, 2.24) is 5.32 Å². The van der Waals surface area contributed by atoms with E-state index in [1.807, 2.05) is 30.3 Å². The van der Waals surface area contributed by atoms with E-state index in [0.717, 1.165) is 37.8 Å². The Morgan fingerprint density at radius 3 is 2.47 bits per heavy atom. The molecule has 4 nitrogen and oxygen atoms in total. The third-order valence-electron chi connectivity index (χ3n) is 3.07. The fourth-order valence-electron chi connectivity index (χ4n) is 1.93. The number of benzene rings is 1. The summed E-state index contributed by atoms with van der Waals surface area (Å²) in [5.41, 5.74) is 12.4. The summed E-state index contributed by atoms with van der Waals surface area (Å²) in [5.74, 6) is -0.0670. The molecule has 1 atom stereocenters. The van der Waals surface area contributed by atoms with Crippen molar-refractivity contribution in [2.75, 3.05) is 13.1 Å². The maximum Gasteiger partial charge on any atom is 0.237 e. The zero-order chi connectivity index (χ0) is 13.9. The van der Waals surface area contributed by atoms with Gasteiger partial charge in [0.2, 0.25) is 5.91 Å². The minimum absolute atomic E-state index is 0.0670. The molecule has 0 unspecified atom stereocenters. The van der Waals surface area contributed by atoms with Gasteiger partial charge in [-0.2, -0.15) is 0 Å². The molecule has 0 spiro atoms. The maximum absolute atomic E-state index is 11.8. The van der Waals surface area contributed by atoms with Gasteiger partial charge in [-0.05, 0) is 31.4 Å². The molecule has 0 heterocycles. The third kappa shape index (κ3) is 6.94. The van der Waals surface area contributed by atoms with Crippen molar-refractivity contribution >= 4 is 5.91 Å². The second-order valence-electron chi connectivity index (χ2n) is 4.79. The van der Waals surface area contributed by atoms with Gasteiger partial charge >= 0.3 is 0 Å². The van der Waals surface area contributed by atoms with Crippen molar-refractivity contribution in [3.63, 3.8) is 0 Å². The zero-order valence-electron chi connectivity index (χ0n) is 11.5. The largest absolute Gasteiger partial charge is 0.355 e. The van der Waals surface area contributed by atoms with Crippen LogP contribution in [0.15, 0.2) is 30.3 Å². The Labute approximate surface area is 115 Å². The average molecular weight is 263 g/mol. The van der Waals surface area contributed by atoms with Gasteiger partial charge in [0.1, 0.15) is 0 Å². The molecule has 0 saturated heterocycles. The second kappa shape index (κ2) is 9.53. The Hall–Kier alpha value is -1.39. The number of carbonyl (C=O) groups is 1. The van der Waals surface area contributed by atoms with Crippen molar-refractivity contribution in [1.29, 1.82) is 0 Å². The lowest BCUT2D eigenvalue weighted by Gasteiger charge is -2.12. The molecule has 0 aliphatic heterocycles. The number of nitrogens with two attached hydrogens (primary N) is 2. The first-order chi connectivity index (χ1) is 9.24. The van der Waals surface area contributed by atoms with Gasteiger partial charge in [-0.25, -0.2) is 0 Å². The van der Waals surface area contributed by atoms with Gasteiger partial charge in [-0.1, -0.05) is 43.2 Å². The van der Waals surface area contributed by atoms with Gasteiger partial charge in [0.15, 0.2) is 0 Å². The van der Waals surface area contributed by atoms with Crippen LogP contribution in [-0.4, -0.2) is 25.0 Å². The predicted octanol–water partition coefficient (Wildman–Crippen LogP) is 1.19. The fraction of sp³-hybridized carbons (Fsp3) is 0.533. The van der Waals surface area contributed by atoms with E-state index in [2.05, 4.69) is 5.32 Å². The SMILES string of the molecule is NCCCCCCNC(=O)[C@@H](N)Cc1ccccc1. The van der Waals surface area contributed by atoms with E-state index in [4.69, 9.17) is 11.5 Å². The molecule has 0 aromatic heterocycles. The van der Waals surface area contributed by atoms with Crippen molar-refractivity contribution in [3.05, 3.63) is 35.9 Å². The number of nitrogens with one attached hydrogen (secondary N) is 1. The topological polar surface area (TPSA) is 81.1 Å². The molecular weight excluding hydrogens is 238 g/mol. The normalized spacial score (nSPS) is 12.1. The Morgan fingerprint density at radius 1 is 1.11 bits per heavy atom. The standard InChI is InChI=1S/C15H25N3O/c16-10-6-1-2-7-11-18-15(19)14(17)12-13-8-4-3-5-9-13/h3-5,8-9,14H,1-2,6-7,10-12,16-17H2,(H,18,19)/t14-/m0/s1. The van der Waals surface area contributed by atoms with Crippen LogP contribution in [0.1, 0.15) is 31.2 Å². The lowest BCUT2D eigenvalue weighted by molar-refractivity contribution is -0.122. The maximum atomic E-state index is 11.8. The van der Waals surface area contributed by atoms with Crippen molar-refractivity contribution in [2.24, 2.45) is 11.5 Å². The van der Waals surface area contributed by atoms with Gasteiger partial charge < -0.3 is 16.8 Å². The lowest BCUT2D eigenvalue weighted by Crippen LogP contribution is -2.42. The minimum Gasteiger partial charge on any atom is -0.355 e. The number of hydrogen-bond acceptors (Lipinski definition) is 3. The summed E-state index contributed by atoms with van der Waals surface area (Å²) in [7, 11) is 0. The van der Waals surface area contributed by atoms with E-state index < -0.39 is 6.04 Å². The van der Waals surface area contributed by atoms with Crippen LogP contribution in [0.3, 0.4) is 0 Å². The molecule has 1 aromatic rings. The highest BCUT2D eigenvalue weighted by atomic mass is 16.2. The Balaban J connectivity index is 2.15. The second-order valence-corrected chi connectivity index (χ2v) is 4.79. The molecule has 0 saturated carbocycles. The average Bonchev–Trinajstić information content (AvgIpc) is 2.43. The molecule has 0 fully saturated rings. The van der Waals surface area contributed by atoms with Gasteiger partial charge in [-0.15, -0.1) is 0 Å². The highest BCUT2D eigenvalue weighted by Crippen LogP contribution is 2.02. The quantitative estimate of drug-likeness (QED) is 0.585. The number of amides is 1. The van der Waals surface area contributed by atoms with Gasteiger partial charge in [-0.3, -0.25) is 4.79 Å². The summed E-state index contributed by atoms with van der Waals surface area (Å²) in [6, 6.07) is 9.37. The molecule has 1 rings (SSSR count). The van der Waals surface area contributed by atoms with E-state index in [-0.39, 0.29) is 5.91 Å². The van der Waals surface area contributed by atoms with E-state index in [1.165, 1.54) is 0 Å². The van der Waals surface area contributed by atoms with Gasteiger partial charge in [0.25, 0.3) is 0 Å². The molecule has 4 heteroatoms. The van der Waals surface area contributed by atoms with E-state index in [9.17, 15) is 4.79 Å².